The van der Waals surface area contributed by atoms with Gasteiger partial charge in [0.25, 0.3) is 0 Å². The molecule has 0 aromatic carbocycles. The van der Waals surface area contributed by atoms with Crippen molar-refractivity contribution in [3.63, 3.8) is 0 Å². The second kappa shape index (κ2) is 5.48. The number of hydrogen-bond donors (Lipinski definition) is 0. The van der Waals surface area contributed by atoms with Crippen LogP contribution in [0.25, 0.3) is 0 Å². The fraction of sp³-hybridized carbons (Fsp3) is 0.917. The summed E-state index contributed by atoms with van der Waals surface area (Å²) in [4.78, 5) is 5.22. The number of rotatable bonds is 3. The molecule has 0 N–H and O–H groups in total. The van der Waals surface area contributed by atoms with Crippen LogP contribution in [-0.2, 0) is 0 Å². The van der Waals surface area contributed by atoms with Crippen LogP contribution in [-0.4, -0.2) is 48.6 Å². The molecule has 2 heterocycles. The van der Waals surface area contributed by atoms with Crippen LogP contribution in [0.15, 0.2) is 0 Å². The van der Waals surface area contributed by atoms with E-state index in [0.717, 1.165) is 19.0 Å². The highest BCUT2D eigenvalue weighted by Crippen LogP contribution is 2.21. The van der Waals surface area contributed by atoms with Gasteiger partial charge < -0.3 is 4.90 Å². The maximum absolute atomic E-state index is 8.52. The SMILES string of the molecule is N#CCCCN1CCCN2CCCC2C1. The summed E-state index contributed by atoms with van der Waals surface area (Å²) in [7, 11) is 0. The van der Waals surface area contributed by atoms with Crippen molar-refractivity contribution in [1.82, 2.24) is 9.80 Å². The van der Waals surface area contributed by atoms with Crippen LogP contribution in [0.2, 0.25) is 0 Å². The van der Waals surface area contributed by atoms with Gasteiger partial charge in [0.1, 0.15) is 0 Å². The average Bonchev–Trinajstić information content (AvgIpc) is 2.58. The second-order valence-corrected chi connectivity index (χ2v) is 4.75. The molecule has 2 aliphatic rings. The van der Waals surface area contributed by atoms with E-state index in [-0.39, 0.29) is 0 Å². The monoisotopic (exact) mass is 207 g/mol. The summed E-state index contributed by atoms with van der Waals surface area (Å²) in [5, 5.41) is 8.52. The molecule has 3 heteroatoms. The second-order valence-electron chi connectivity index (χ2n) is 4.75. The Morgan fingerprint density at radius 1 is 1.20 bits per heavy atom. The Morgan fingerprint density at radius 2 is 2.07 bits per heavy atom. The summed E-state index contributed by atoms with van der Waals surface area (Å²) in [6.45, 7) is 6.21. The Morgan fingerprint density at radius 3 is 2.93 bits per heavy atom. The van der Waals surface area contributed by atoms with Crippen LogP contribution < -0.4 is 0 Å². The van der Waals surface area contributed by atoms with Gasteiger partial charge in [-0.2, -0.15) is 5.26 Å². The molecule has 0 bridgehead atoms. The standard InChI is InChI=1S/C12H21N3/c13-6-1-2-7-14-8-4-10-15-9-3-5-12(15)11-14/h12H,1-5,7-11H2. The minimum atomic E-state index is 0.713. The summed E-state index contributed by atoms with van der Waals surface area (Å²) in [5.74, 6) is 0. The average molecular weight is 207 g/mol. The van der Waals surface area contributed by atoms with Gasteiger partial charge in [-0.05, 0) is 51.9 Å². The molecule has 84 valence electrons. The van der Waals surface area contributed by atoms with E-state index in [0.29, 0.717) is 6.42 Å². The molecule has 1 unspecified atom stereocenters. The van der Waals surface area contributed by atoms with E-state index in [1.807, 2.05) is 0 Å². The fourth-order valence-corrected chi connectivity index (χ4v) is 2.87. The third-order valence-corrected chi connectivity index (χ3v) is 3.65. The summed E-state index contributed by atoms with van der Waals surface area (Å²) in [6.07, 6.45) is 5.84. The smallest absolute Gasteiger partial charge is 0.0622 e. The third-order valence-electron chi connectivity index (χ3n) is 3.65. The van der Waals surface area contributed by atoms with Gasteiger partial charge in [-0.25, -0.2) is 0 Å². The normalized spacial score (nSPS) is 28.3. The Bertz CT molecular complexity index is 234. The van der Waals surface area contributed by atoms with E-state index in [2.05, 4.69) is 15.9 Å². The lowest BCUT2D eigenvalue weighted by molar-refractivity contribution is 0.219. The number of hydrogen-bond acceptors (Lipinski definition) is 3. The van der Waals surface area contributed by atoms with Crippen LogP contribution in [0.4, 0.5) is 0 Å². The van der Waals surface area contributed by atoms with Gasteiger partial charge in [0.15, 0.2) is 0 Å². The zero-order chi connectivity index (χ0) is 10.5. The van der Waals surface area contributed by atoms with Crippen molar-refractivity contribution in [2.24, 2.45) is 0 Å². The minimum Gasteiger partial charge on any atom is -0.302 e. The van der Waals surface area contributed by atoms with Gasteiger partial charge in [0, 0.05) is 19.0 Å². The summed E-state index contributed by atoms with van der Waals surface area (Å²) in [5.41, 5.74) is 0. The highest BCUT2D eigenvalue weighted by atomic mass is 15.3. The Labute approximate surface area is 92.7 Å². The predicted octanol–water partition coefficient (Wildman–Crippen LogP) is 1.46. The van der Waals surface area contributed by atoms with Gasteiger partial charge in [0.2, 0.25) is 0 Å². The third kappa shape index (κ3) is 2.93. The zero-order valence-corrected chi connectivity index (χ0v) is 9.49. The number of nitrogens with zero attached hydrogens (tertiary/aromatic N) is 3. The van der Waals surface area contributed by atoms with E-state index < -0.39 is 0 Å². The first-order valence-electron chi connectivity index (χ1n) is 6.23. The van der Waals surface area contributed by atoms with Crippen molar-refractivity contribution in [1.29, 1.82) is 5.26 Å². The quantitative estimate of drug-likeness (QED) is 0.656. The van der Waals surface area contributed by atoms with Gasteiger partial charge in [-0.15, -0.1) is 0 Å². The molecular weight excluding hydrogens is 186 g/mol. The van der Waals surface area contributed by atoms with Crippen molar-refractivity contribution in [2.75, 3.05) is 32.7 Å². The molecule has 0 amide bonds. The highest BCUT2D eigenvalue weighted by Gasteiger charge is 2.28. The lowest BCUT2D eigenvalue weighted by atomic mass is 10.2. The van der Waals surface area contributed by atoms with Gasteiger partial charge in [-0.3, -0.25) is 4.90 Å². The zero-order valence-electron chi connectivity index (χ0n) is 9.49. The molecule has 0 aromatic rings. The van der Waals surface area contributed by atoms with Crippen molar-refractivity contribution in [3.8, 4) is 6.07 Å². The van der Waals surface area contributed by atoms with Crippen molar-refractivity contribution in [3.05, 3.63) is 0 Å². The van der Waals surface area contributed by atoms with E-state index in [1.54, 1.807) is 0 Å². The molecular formula is C12H21N3. The first-order chi connectivity index (χ1) is 7.40. The lowest BCUT2D eigenvalue weighted by Crippen LogP contribution is -2.36. The van der Waals surface area contributed by atoms with Crippen LogP contribution in [0, 0.1) is 11.3 Å². The van der Waals surface area contributed by atoms with E-state index in [4.69, 9.17) is 5.26 Å². The first-order valence-corrected chi connectivity index (χ1v) is 6.23. The number of fused-ring (bicyclic) bond motifs is 1. The predicted molar refractivity (Wildman–Crippen MR) is 60.5 cm³/mol. The van der Waals surface area contributed by atoms with Gasteiger partial charge in [-0.1, -0.05) is 0 Å². The summed E-state index contributed by atoms with van der Waals surface area (Å²) >= 11 is 0. The number of unbranched alkanes of at least 4 members (excludes halogenated alkanes) is 1. The Kier molecular flexibility index (Phi) is 3.99. The van der Waals surface area contributed by atoms with Crippen LogP contribution in [0.3, 0.4) is 0 Å². The van der Waals surface area contributed by atoms with Gasteiger partial charge in [0.05, 0.1) is 6.07 Å². The van der Waals surface area contributed by atoms with Crippen molar-refractivity contribution in [2.45, 2.75) is 38.1 Å². The molecule has 0 spiro atoms. The Hall–Kier alpha value is -0.590. The Balaban J connectivity index is 1.78. The topological polar surface area (TPSA) is 30.3 Å². The largest absolute Gasteiger partial charge is 0.302 e. The highest BCUT2D eigenvalue weighted by molar-refractivity contribution is 4.85. The molecule has 15 heavy (non-hydrogen) atoms. The molecule has 2 rings (SSSR count). The van der Waals surface area contributed by atoms with Crippen molar-refractivity contribution >= 4 is 0 Å². The molecule has 0 saturated carbocycles. The summed E-state index contributed by atoms with van der Waals surface area (Å²) < 4.78 is 0. The maximum Gasteiger partial charge on any atom is 0.0622 e. The van der Waals surface area contributed by atoms with E-state index >= 15 is 0 Å². The summed E-state index contributed by atoms with van der Waals surface area (Å²) in [6, 6.07) is 3.05. The van der Waals surface area contributed by atoms with Gasteiger partial charge >= 0.3 is 0 Å². The van der Waals surface area contributed by atoms with Crippen LogP contribution in [0.1, 0.15) is 32.1 Å². The molecule has 1 atom stereocenters. The molecule has 2 aliphatic heterocycles. The van der Waals surface area contributed by atoms with E-state index in [1.165, 1.54) is 45.4 Å². The molecule has 2 fully saturated rings. The maximum atomic E-state index is 8.52. The number of nitriles is 1. The molecule has 0 aliphatic carbocycles. The van der Waals surface area contributed by atoms with Crippen LogP contribution >= 0.6 is 0 Å². The van der Waals surface area contributed by atoms with Crippen LogP contribution in [0.5, 0.6) is 0 Å². The fourth-order valence-electron chi connectivity index (χ4n) is 2.87. The minimum absolute atomic E-state index is 0.713. The lowest BCUT2D eigenvalue weighted by Gasteiger charge is -2.25. The van der Waals surface area contributed by atoms with Crippen molar-refractivity contribution < 1.29 is 0 Å². The molecule has 2 saturated heterocycles. The first kappa shape index (κ1) is 10.9. The molecule has 3 nitrogen and oxygen atoms in total. The molecule has 0 radical (unpaired) electrons. The molecule has 0 aromatic heterocycles. The van der Waals surface area contributed by atoms with E-state index in [9.17, 15) is 0 Å².